The van der Waals surface area contributed by atoms with Crippen LogP contribution in [-0.2, 0) is 19.1 Å². The zero-order valence-electron chi connectivity index (χ0n) is 39.2. The average molecular weight is 917 g/mol. The number of nitrogens with one attached hydrogen (secondary N) is 4. The van der Waals surface area contributed by atoms with E-state index in [-0.39, 0.29) is 59.0 Å². The smallest absolute Gasteiger partial charge is 0.405 e. The first-order valence-corrected chi connectivity index (χ1v) is 24.4. The summed E-state index contributed by atoms with van der Waals surface area (Å²) < 4.78 is 12.0. The van der Waals surface area contributed by atoms with Gasteiger partial charge in [-0.3, -0.25) is 9.59 Å². The summed E-state index contributed by atoms with van der Waals surface area (Å²) in [5.74, 6) is 0.765. The van der Waals surface area contributed by atoms with E-state index in [0.29, 0.717) is 50.5 Å². The van der Waals surface area contributed by atoms with Gasteiger partial charge >= 0.3 is 12.2 Å². The van der Waals surface area contributed by atoms with Gasteiger partial charge in [-0.1, -0.05) is 30.3 Å². The maximum atomic E-state index is 14.4. The number of carbonyl (C=O) groups excluding carboxylic acids is 2. The van der Waals surface area contributed by atoms with Crippen LogP contribution in [0.4, 0.5) is 9.59 Å². The van der Waals surface area contributed by atoms with Crippen molar-refractivity contribution in [2.45, 2.75) is 159 Å². The van der Waals surface area contributed by atoms with E-state index < -0.39 is 24.3 Å². The lowest BCUT2D eigenvalue weighted by molar-refractivity contribution is -0.140. The lowest BCUT2D eigenvalue weighted by Crippen LogP contribution is -2.55. The van der Waals surface area contributed by atoms with E-state index in [1.165, 1.54) is 0 Å². The molecule has 356 valence electrons. The Bertz CT molecular complexity index is 2560. The van der Waals surface area contributed by atoms with Crippen LogP contribution in [0.3, 0.4) is 0 Å². The van der Waals surface area contributed by atoms with E-state index >= 15 is 0 Å². The summed E-state index contributed by atoms with van der Waals surface area (Å²) in [6, 6.07) is 8.20. The molecule has 4 unspecified atom stereocenters. The van der Waals surface area contributed by atoms with Gasteiger partial charge in [-0.15, -0.1) is 0 Å². The van der Waals surface area contributed by atoms with Crippen molar-refractivity contribution < 1.29 is 38.9 Å². The van der Waals surface area contributed by atoms with Crippen LogP contribution < -0.4 is 10.6 Å². The SMILES string of the molecule is Cc1cc(-c2ccc(-c3cnc([C@@H]4CC[C@H](C)N4C(=O)C(NC(=O)O)C4CCOC5(CC5)C4)[nH]3)cc2)c(C)c(C)c1-c1cnc([C@@H]2CC[C@H](C)N2C(=O)C(NC(=O)O)C2CCOC3(CC3)C2)[nH]1. The molecule has 6 aliphatic rings. The van der Waals surface area contributed by atoms with E-state index in [2.05, 4.69) is 71.7 Å². The van der Waals surface area contributed by atoms with Crippen molar-refractivity contribution in [1.82, 2.24) is 40.4 Å². The van der Waals surface area contributed by atoms with Crippen molar-refractivity contribution in [2.75, 3.05) is 13.2 Å². The van der Waals surface area contributed by atoms with Crippen LogP contribution in [0.15, 0.2) is 42.7 Å². The maximum absolute atomic E-state index is 14.4. The zero-order valence-corrected chi connectivity index (χ0v) is 39.2. The molecule has 67 heavy (non-hydrogen) atoms. The largest absolute Gasteiger partial charge is 0.465 e. The molecule has 2 spiro atoms. The minimum atomic E-state index is -1.19. The van der Waals surface area contributed by atoms with Crippen LogP contribution in [0.1, 0.15) is 131 Å². The molecule has 2 aromatic heterocycles. The number of H-pyrrole nitrogens is 2. The van der Waals surface area contributed by atoms with Crippen LogP contribution in [0.5, 0.6) is 0 Å². The van der Waals surface area contributed by atoms with Gasteiger partial charge in [0.15, 0.2) is 0 Å². The molecule has 6 heterocycles. The Kier molecular flexibility index (Phi) is 11.7. The molecule has 8 atom stereocenters. The Balaban J connectivity index is 0.845. The number of rotatable bonds is 11. The predicted octanol–water partition coefficient (Wildman–Crippen LogP) is 8.35. The fourth-order valence-corrected chi connectivity index (χ4v) is 12.2. The number of hydrogen-bond donors (Lipinski definition) is 6. The first-order valence-electron chi connectivity index (χ1n) is 24.4. The number of imidazole rings is 2. The third-order valence-corrected chi connectivity index (χ3v) is 16.3. The Morgan fingerprint density at radius 1 is 0.672 bits per heavy atom. The second-order valence-corrected chi connectivity index (χ2v) is 20.6. The van der Waals surface area contributed by atoms with Gasteiger partial charge in [-0.05, 0) is 157 Å². The first-order chi connectivity index (χ1) is 32.1. The molecule has 16 nitrogen and oxygen atoms in total. The summed E-state index contributed by atoms with van der Waals surface area (Å²) in [5, 5.41) is 24.8. The minimum Gasteiger partial charge on any atom is -0.465 e. The number of aryl methyl sites for hydroxylation is 1. The highest BCUT2D eigenvalue weighted by atomic mass is 16.5. The van der Waals surface area contributed by atoms with Gasteiger partial charge in [0, 0.05) is 30.9 Å². The number of carbonyl (C=O) groups is 4. The molecular formula is C51H64N8O8. The van der Waals surface area contributed by atoms with Gasteiger partial charge in [0.05, 0.1) is 47.1 Å². The molecule has 0 radical (unpaired) electrons. The number of benzene rings is 2. The zero-order chi connectivity index (χ0) is 46.9. The topological polar surface area (TPSA) is 215 Å². The quantitative estimate of drug-likeness (QED) is 0.0846. The highest BCUT2D eigenvalue weighted by Gasteiger charge is 2.53. The van der Waals surface area contributed by atoms with E-state index in [0.717, 1.165) is 102 Å². The molecule has 4 aliphatic heterocycles. The second-order valence-electron chi connectivity index (χ2n) is 20.6. The van der Waals surface area contributed by atoms with Gasteiger partial charge in [-0.25, -0.2) is 19.6 Å². The maximum Gasteiger partial charge on any atom is 0.405 e. The van der Waals surface area contributed by atoms with Crippen LogP contribution in [-0.4, -0.2) is 113 Å². The van der Waals surface area contributed by atoms with E-state index in [4.69, 9.17) is 19.4 Å². The van der Waals surface area contributed by atoms with Crippen LogP contribution in [0.25, 0.3) is 33.6 Å². The fourth-order valence-electron chi connectivity index (χ4n) is 12.2. The molecule has 4 amide bonds. The highest BCUT2D eigenvalue weighted by Crippen LogP contribution is 2.51. The van der Waals surface area contributed by atoms with Gasteiger partial charge in [0.1, 0.15) is 23.7 Å². The number of likely N-dealkylation sites (tertiary alicyclic amines) is 2. The molecule has 10 rings (SSSR count). The fraction of sp³-hybridized carbons (Fsp3) is 0.569. The Hall–Kier alpha value is -5.74. The number of hydrogen-bond acceptors (Lipinski definition) is 8. The van der Waals surface area contributed by atoms with E-state index in [9.17, 15) is 29.4 Å². The summed E-state index contributed by atoms with van der Waals surface area (Å²) in [5.41, 5.74) is 8.85. The van der Waals surface area contributed by atoms with Crippen molar-refractivity contribution in [3.8, 4) is 33.6 Å². The minimum absolute atomic E-state index is 0.0629. The summed E-state index contributed by atoms with van der Waals surface area (Å²) in [6.45, 7) is 11.5. The number of amides is 4. The molecule has 0 bridgehead atoms. The number of carboxylic acid groups (broad SMARTS) is 2. The second kappa shape index (κ2) is 17.4. The first kappa shape index (κ1) is 45.1. The molecule has 2 aliphatic carbocycles. The summed E-state index contributed by atoms with van der Waals surface area (Å²) >= 11 is 0. The molecule has 4 saturated heterocycles. The van der Waals surface area contributed by atoms with Crippen LogP contribution >= 0.6 is 0 Å². The summed E-state index contributed by atoms with van der Waals surface area (Å²) in [7, 11) is 0. The third kappa shape index (κ3) is 8.60. The molecule has 2 aromatic carbocycles. The molecular weight excluding hydrogens is 853 g/mol. The van der Waals surface area contributed by atoms with Crippen molar-refractivity contribution in [3.05, 3.63) is 71.1 Å². The van der Waals surface area contributed by atoms with Gasteiger partial charge in [0.2, 0.25) is 11.8 Å². The van der Waals surface area contributed by atoms with E-state index in [1.54, 1.807) is 0 Å². The molecule has 6 fully saturated rings. The molecule has 16 heteroatoms. The lowest BCUT2D eigenvalue weighted by Gasteiger charge is -2.38. The monoisotopic (exact) mass is 916 g/mol. The number of aromatic amines is 2. The summed E-state index contributed by atoms with van der Waals surface area (Å²) in [4.78, 5) is 73.2. The normalized spacial score (nSPS) is 26.9. The van der Waals surface area contributed by atoms with Crippen molar-refractivity contribution in [1.29, 1.82) is 0 Å². The predicted molar refractivity (Wildman–Crippen MR) is 249 cm³/mol. The summed E-state index contributed by atoms with van der Waals surface area (Å²) in [6.07, 6.45) is 10.8. The van der Waals surface area contributed by atoms with Crippen LogP contribution in [0.2, 0.25) is 0 Å². The third-order valence-electron chi connectivity index (χ3n) is 16.3. The van der Waals surface area contributed by atoms with Crippen LogP contribution in [0, 0.1) is 32.6 Å². The van der Waals surface area contributed by atoms with Crippen molar-refractivity contribution in [3.63, 3.8) is 0 Å². The Morgan fingerprint density at radius 3 is 1.61 bits per heavy atom. The molecule has 2 saturated carbocycles. The van der Waals surface area contributed by atoms with Gasteiger partial charge in [0.25, 0.3) is 0 Å². The van der Waals surface area contributed by atoms with Gasteiger partial charge in [-0.2, -0.15) is 0 Å². The van der Waals surface area contributed by atoms with Gasteiger partial charge < -0.3 is 50.1 Å². The standard InChI is InChI=1S/C51H64N8O8/c1-27-22-36(30(4)31(5)41(27)38-26-53-45(55-38)40-13-7-29(3)59(40)47(61)43(57-49(64)65)35-15-21-67-51(24-35)18-19-51)32-8-10-33(11-9-32)37-25-52-44(54-37)39-12-6-28(2)58(39)46(60)42(56-48(62)63)34-14-20-66-50(23-34)16-17-50/h8-11,22,25-26,28-29,34-35,39-40,42-43,56-57H,6-7,12-21,23-24H2,1-5H3,(H,52,54)(H,53,55)(H,62,63)(H,64,65)/t28-,29-,34?,35?,39-,40-,42?,43?/m0/s1. The molecule has 6 N–H and O–H groups in total. The lowest BCUT2D eigenvalue weighted by atomic mass is 9.86. The Labute approximate surface area is 391 Å². The highest BCUT2D eigenvalue weighted by molar-refractivity contribution is 5.87. The van der Waals surface area contributed by atoms with Crippen molar-refractivity contribution >= 4 is 24.0 Å². The number of aromatic nitrogens is 4. The van der Waals surface area contributed by atoms with E-state index in [1.807, 2.05) is 36.0 Å². The molecule has 4 aromatic rings. The van der Waals surface area contributed by atoms with Crippen molar-refractivity contribution in [2.24, 2.45) is 11.8 Å². The average Bonchev–Trinajstić information content (AvgIpc) is 3.84. The number of ether oxygens (including phenoxy) is 2. The number of nitrogens with zero attached hydrogens (tertiary/aromatic N) is 4. The Morgan fingerprint density at radius 2 is 1.13 bits per heavy atom.